The van der Waals surface area contributed by atoms with E-state index in [1.165, 1.54) is 0 Å². The number of pyridine rings is 1. The molecule has 6 heteroatoms. The molecule has 3 rings (SSSR count). The molecule has 1 aliphatic rings. The van der Waals surface area contributed by atoms with E-state index < -0.39 is 0 Å². The molecule has 0 bridgehead atoms. The zero-order chi connectivity index (χ0) is 15.5. The number of nitrogens with zero attached hydrogens (tertiary/aromatic N) is 3. The van der Waals surface area contributed by atoms with Gasteiger partial charge in [-0.25, -0.2) is 4.98 Å². The second-order valence-electron chi connectivity index (χ2n) is 5.61. The van der Waals surface area contributed by atoms with Crippen LogP contribution >= 0.6 is 0 Å². The largest absolute Gasteiger partial charge is 0.474 e. The lowest BCUT2D eigenvalue weighted by atomic mass is 10.1. The third-order valence-electron chi connectivity index (χ3n) is 3.75. The summed E-state index contributed by atoms with van der Waals surface area (Å²) < 4.78 is 10.8. The molecule has 0 unspecified atom stereocenters. The fourth-order valence-electron chi connectivity index (χ4n) is 2.50. The van der Waals surface area contributed by atoms with Gasteiger partial charge in [0.05, 0.1) is 0 Å². The van der Waals surface area contributed by atoms with E-state index in [0.29, 0.717) is 30.4 Å². The zero-order valence-electron chi connectivity index (χ0n) is 12.8. The summed E-state index contributed by atoms with van der Waals surface area (Å²) in [6.07, 6.45) is 3.47. The molecule has 0 saturated carbocycles. The van der Waals surface area contributed by atoms with Crippen LogP contribution in [0.3, 0.4) is 0 Å². The summed E-state index contributed by atoms with van der Waals surface area (Å²) >= 11 is 0. The van der Waals surface area contributed by atoms with Crippen LogP contribution in [0.1, 0.15) is 34.7 Å². The number of carbonyl (C=O) groups excluding carboxylic acids is 1. The Morgan fingerprint density at radius 2 is 2.09 bits per heavy atom. The van der Waals surface area contributed by atoms with Gasteiger partial charge >= 0.3 is 0 Å². The number of rotatable bonds is 3. The smallest absolute Gasteiger partial charge is 0.276 e. The van der Waals surface area contributed by atoms with Gasteiger partial charge in [0.2, 0.25) is 5.88 Å². The summed E-state index contributed by atoms with van der Waals surface area (Å²) in [7, 11) is 0. The Morgan fingerprint density at radius 1 is 1.32 bits per heavy atom. The van der Waals surface area contributed by atoms with Crippen molar-refractivity contribution in [3.05, 3.63) is 41.4 Å². The highest BCUT2D eigenvalue weighted by atomic mass is 16.5. The van der Waals surface area contributed by atoms with Gasteiger partial charge in [0, 0.05) is 44.3 Å². The van der Waals surface area contributed by atoms with Crippen LogP contribution in [0.2, 0.25) is 0 Å². The first-order valence-corrected chi connectivity index (χ1v) is 7.44. The summed E-state index contributed by atoms with van der Waals surface area (Å²) in [4.78, 5) is 18.3. The van der Waals surface area contributed by atoms with Crippen LogP contribution in [0.4, 0.5) is 0 Å². The number of aryl methyl sites for hydroxylation is 2. The van der Waals surface area contributed by atoms with Crippen molar-refractivity contribution < 1.29 is 14.1 Å². The summed E-state index contributed by atoms with van der Waals surface area (Å²) in [6.45, 7) is 5.08. The van der Waals surface area contributed by atoms with Crippen molar-refractivity contribution in [3.8, 4) is 5.88 Å². The van der Waals surface area contributed by atoms with E-state index in [-0.39, 0.29) is 12.0 Å². The molecule has 0 atom stereocenters. The molecular formula is C16H19N3O3. The third kappa shape index (κ3) is 3.27. The zero-order valence-corrected chi connectivity index (χ0v) is 12.8. The van der Waals surface area contributed by atoms with Crippen molar-refractivity contribution in [1.82, 2.24) is 15.0 Å². The van der Waals surface area contributed by atoms with Crippen molar-refractivity contribution in [2.75, 3.05) is 13.1 Å². The Morgan fingerprint density at radius 3 is 2.68 bits per heavy atom. The molecule has 116 valence electrons. The van der Waals surface area contributed by atoms with E-state index in [2.05, 4.69) is 10.1 Å². The predicted octanol–water partition coefficient (Wildman–Crippen LogP) is 2.37. The monoisotopic (exact) mass is 301 g/mol. The van der Waals surface area contributed by atoms with Crippen LogP contribution in [0.15, 0.2) is 28.9 Å². The predicted molar refractivity (Wildman–Crippen MR) is 79.8 cm³/mol. The first-order valence-electron chi connectivity index (χ1n) is 7.44. The molecule has 0 spiro atoms. The van der Waals surface area contributed by atoms with Crippen LogP contribution in [-0.2, 0) is 0 Å². The summed E-state index contributed by atoms with van der Waals surface area (Å²) in [5.41, 5.74) is 1.48. The molecule has 0 aromatic carbocycles. The molecule has 0 aliphatic carbocycles. The van der Waals surface area contributed by atoms with Gasteiger partial charge in [-0.2, -0.15) is 0 Å². The number of likely N-dealkylation sites (tertiary alicyclic amines) is 1. The highest BCUT2D eigenvalue weighted by Gasteiger charge is 2.26. The Bertz CT molecular complexity index is 643. The van der Waals surface area contributed by atoms with Crippen LogP contribution in [0.25, 0.3) is 0 Å². The normalized spacial score (nSPS) is 15.8. The summed E-state index contributed by atoms with van der Waals surface area (Å²) in [5.74, 6) is 1.21. The Hall–Kier alpha value is -2.37. The first-order chi connectivity index (χ1) is 10.6. The van der Waals surface area contributed by atoms with Gasteiger partial charge in [-0.15, -0.1) is 0 Å². The van der Waals surface area contributed by atoms with Gasteiger partial charge in [0.15, 0.2) is 5.69 Å². The molecule has 3 heterocycles. The van der Waals surface area contributed by atoms with E-state index in [4.69, 9.17) is 9.26 Å². The van der Waals surface area contributed by atoms with Crippen LogP contribution in [0.5, 0.6) is 5.88 Å². The Kier molecular flexibility index (Phi) is 4.09. The Labute approximate surface area is 129 Å². The minimum absolute atomic E-state index is 0.0799. The second-order valence-corrected chi connectivity index (χ2v) is 5.61. The molecule has 0 radical (unpaired) electrons. The quantitative estimate of drug-likeness (QED) is 0.870. The number of carbonyl (C=O) groups is 1. The molecular weight excluding hydrogens is 282 g/mol. The van der Waals surface area contributed by atoms with Gasteiger partial charge in [-0.05, 0) is 19.4 Å². The average Bonchev–Trinajstić information content (AvgIpc) is 2.96. The van der Waals surface area contributed by atoms with Gasteiger partial charge < -0.3 is 14.2 Å². The molecule has 2 aromatic rings. The summed E-state index contributed by atoms with van der Waals surface area (Å²) in [5, 5.41) is 3.78. The lowest BCUT2D eigenvalue weighted by Gasteiger charge is -2.31. The molecule has 22 heavy (non-hydrogen) atoms. The lowest BCUT2D eigenvalue weighted by Crippen LogP contribution is -2.42. The maximum atomic E-state index is 12.3. The minimum Gasteiger partial charge on any atom is -0.474 e. The van der Waals surface area contributed by atoms with Crippen molar-refractivity contribution in [3.63, 3.8) is 0 Å². The molecule has 2 aromatic heterocycles. The Balaban J connectivity index is 1.54. The van der Waals surface area contributed by atoms with E-state index in [9.17, 15) is 4.79 Å². The third-order valence-corrected chi connectivity index (χ3v) is 3.75. The molecule has 1 saturated heterocycles. The molecule has 1 amide bonds. The van der Waals surface area contributed by atoms with Crippen molar-refractivity contribution in [2.45, 2.75) is 32.8 Å². The molecule has 6 nitrogen and oxygen atoms in total. The number of aromatic nitrogens is 2. The molecule has 1 aliphatic heterocycles. The van der Waals surface area contributed by atoms with Crippen LogP contribution < -0.4 is 4.74 Å². The fourth-order valence-corrected chi connectivity index (χ4v) is 2.50. The van der Waals surface area contributed by atoms with E-state index >= 15 is 0 Å². The van der Waals surface area contributed by atoms with E-state index in [1.54, 1.807) is 24.1 Å². The molecule has 1 fully saturated rings. The van der Waals surface area contributed by atoms with Gasteiger partial charge in [0.1, 0.15) is 11.9 Å². The van der Waals surface area contributed by atoms with Crippen molar-refractivity contribution >= 4 is 5.91 Å². The first kappa shape index (κ1) is 14.6. The number of ether oxygens (including phenoxy) is 1. The van der Waals surface area contributed by atoms with Gasteiger partial charge in [-0.3, -0.25) is 4.79 Å². The maximum absolute atomic E-state index is 12.3. The SMILES string of the molecule is Cc1ccc(OC2CCN(C(=O)c3cc(C)on3)CC2)nc1. The van der Waals surface area contributed by atoms with E-state index in [0.717, 1.165) is 18.4 Å². The van der Waals surface area contributed by atoms with Gasteiger partial charge in [-0.1, -0.05) is 11.2 Å². The fraction of sp³-hybridized carbons (Fsp3) is 0.438. The van der Waals surface area contributed by atoms with Crippen LogP contribution in [0, 0.1) is 13.8 Å². The average molecular weight is 301 g/mol. The molecule has 0 N–H and O–H groups in total. The van der Waals surface area contributed by atoms with Crippen molar-refractivity contribution in [2.24, 2.45) is 0 Å². The minimum atomic E-state index is -0.0799. The van der Waals surface area contributed by atoms with Crippen LogP contribution in [-0.4, -0.2) is 40.1 Å². The van der Waals surface area contributed by atoms with Gasteiger partial charge in [0.25, 0.3) is 5.91 Å². The maximum Gasteiger partial charge on any atom is 0.276 e. The standard InChI is InChI=1S/C16H19N3O3/c1-11-3-4-15(17-10-11)21-13-5-7-19(8-6-13)16(20)14-9-12(2)22-18-14/h3-4,9-10,13H,5-8H2,1-2H3. The number of amides is 1. The lowest BCUT2D eigenvalue weighted by molar-refractivity contribution is 0.0578. The highest BCUT2D eigenvalue weighted by molar-refractivity contribution is 5.92. The topological polar surface area (TPSA) is 68.5 Å². The second kappa shape index (κ2) is 6.17. The van der Waals surface area contributed by atoms with Crippen molar-refractivity contribution in [1.29, 1.82) is 0 Å². The summed E-state index contributed by atoms with van der Waals surface area (Å²) in [6, 6.07) is 5.53. The highest BCUT2D eigenvalue weighted by Crippen LogP contribution is 2.19. The number of hydrogen-bond acceptors (Lipinski definition) is 5. The van der Waals surface area contributed by atoms with E-state index in [1.807, 2.05) is 19.1 Å². The number of piperidine rings is 1. The number of hydrogen-bond donors (Lipinski definition) is 0.